The number of benzene rings is 1. The first-order valence-corrected chi connectivity index (χ1v) is 6.57. The lowest BCUT2D eigenvalue weighted by atomic mass is 10.0. The Morgan fingerprint density at radius 3 is 2.56 bits per heavy atom. The van der Waals surface area contributed by atoms with Crippen LogP contribution in [0.3, 0.4) is 0 Å². The number of carbonyl (C=O) groups is 1. The molecule has 1 atom stereocenters. The second-order valence-corrected chi connectivity index (χ2v) is 5.13. The van der Waals surface area contributed by atoms with Gasteiger partial charge in [-0.25, -0.2) is 4.79 Å². The summed E-state index contributed by atoms with van der Waals surface area (Å²) in [7, 11) is 0. The predicted octanol–water partition coefficient (Wildman–Crippen LogP) is 3.44. The van der Waals surface area contributed by atoms with Crippen molar-refractivity contribution in [3.63, 3.8) is 0 Å². The normalized spacial score (nSPS) is 13.2. The highest BCUT2D eigenvalue weighted by atomic mass is 79.9. The smallest absolute Gasteiger partial charge is 0.380 e. The van der Waals surface area contributed by atoms with E-state index < -0.39 is 18.0 Å². The van der Waals surface area contributed by atoms with Crippen molar-refractivity contribution in [1.82, 2.24) is 0 Å². The van der Waals surface area contributed by atoms with Crippen LogP contribution in [0.1, 0.15) is 18.6 Å². The molecule has 0 amide bonds. The first kappa shape index (κ1) is 15.5. The zero-order valence-electron chi connectivity index (χ0n) is 9.29. The van der Waals surface area contributed by atoms with Gasteiger partial charge in [-0.05, 0) is 56.5 Å². The molecular weight excluding hydrogens is 378 g/mol. The third kappa shape index (κ3) is 3.27. The molecule has 100 valence electrons. The number of hydrogen-bond acceptors (Lipinski definition) is 3. The number of rotatable bonds is 4. The molecule has 0 radical (unpaired) electrons. The Morgan fingerprint density at radius 1 is 1.44 bits per heavy atom. The molecule has 1 aromatic rings. The van der Waals surface area contributed by atoms with Crippen LogP contribution in [0, 0.1) is 0 Å². The zero-order chi connectivity index (χ0) is 13.9. The van der Waals surface area contributed by atoms with E-state index in [-0.39, 0.29) is 12.2 Å². The van der Waals surface area contributed by atoms with Gasteiger partial charge in [-0.2, -0.15) is 8.78 Å². The predicted molar refractivity (Wildman–Crippen MR) is 68.4 cm³/mol. The fourth-order valence-corrected chi connectivity index (χ4v) is 1.87. The van der Waals surface area contributed by atoms with E-state index in [0.29, 0.717) is 8.95 Å². The van der Waals surface area contributed by atoms with Crippen LogP contribution in [-0.2, 0) is 9.53 Å². The van der Waals surface area contributed by atoms with Crippen LogP contribution in [0.15, 0.2) is 27.1 Å². The van der Waals surface area contributed by atoms with E-state index in [4.69, 9.17) is 0 Å². The monoisotopic (exact) mass is 386 g/mol. The van der Waals surface area contributed by atoms with Gasteiger partial charge in [0.1, 0.15) is 0 Å². The maximum absolute atomic E-state index is 13.6. The fourth-order valence-electron chi connectivity index (χ4n) is 1.23. The lowest BCUT2D eigenvalue weighted by Gasteiger charge is -2.21. The van der Waals surface area contributed by atoms with Gasteiger partial charge in [0, 0.05) is 8.95 Å². The van der Waals surface area contributed by atoms with Crippen LogP contribution >= 0.6 is 31.9 Å². The van der Waals surface area contributed by atoms with E-state index in [9.17, 15) is 18.7 Å². The van der Waals surface area contributed by atoms with Crippen LogP contribution in [0.2, 0.25) is 0 Å². The van der Waals surface area contributed by atoms with Gasteiger partial charge in [0.05, 0.1) is 6.61 Å². The number of halogens is 4. The van der Waals surface area contributed by atoms with Crippen molar-refractivity contribution in [2.45, 2.75) is 19.0 Å². The second-order valence-electron chi connectivity index (χ2n) is 3.42. The Balaban J connectivity index is 3.01. The number of ether oxygens (including phenoxy) is 1. The minimum absolute atomic E-state index is 0.0804. The van der Waals surface area contributed by atoms with Gasteiger partial charge >= 0.3 is 11.9 Å². The minimum Gasteiger partial charge on any atom is -0.461 e. The SMILES string of the molecule is CCOC(=O)C(F)(F)C(O)c1ccc(Br)c(Br)c1. The van der Waals surface area contributed by atoms with Gasteiger partial charge in [0.15, 0.2) is 6.10 Å². The third-order valence-corrected chi connectivity index (χ3v) is 4.03. The summed E-state index contributed by atoms with van der Waals surface area (Å²) in [6, 6.07) is 4.10. The highest BCUT2D eigenvalue weighted by Crippen LogP contribution is 2.35. The highest BCUT2D eigenvalue weighted by molar-refractivity contribution is 9.13. The van der Waals surface area contributed by atoms with Crippen molar-refractivity contribution < 1.29 is 23.4 Å². The van der Waals surface area contributed by atoms with Crippen molar-refractivity contribution in [3.05, 3.63) is 32.7 Å². The van der Waals surface area contributed by atoms with E-state index in [1.165, 1.54) is 25.1 Å². The van der Waals surface area contributed by atoms with Crippen molar-refractivity contribution in [3.8, 4) is 0 Å². The summed E-state index contributed by atoms with van der Waals surface area (Å²) in [5.74, 6) is -5.72. The van der Waals surface area contributed by atoms with Gasteiger partial charge in [-0.3, -0.25) is 0 Å². The first-order chi connectivity index (χ1) is 8.30. The molecule has 0 saturated heterocycles. The van der Waals surface area contributed by atoms with E-state index in [1.54, 1.807) is 0 Å². The van der Waals surface area contributed by atoms with Crippen LogP contribution in [0.25, 0.3) is 0 Å². The molecule has 7 heteroatoms. The molecule has 3 nitrogen and oxygen atoms in total. The third-order valence-electron chi connectivity index (χ3n) is 2.15. The number of aliphatic hydroxyl groups excluding tert-OH is 1. The molecule has 0 aliphatic carbocycles. The lowest BCUT2D eigenvalue weighted by molar-refractivity contribution is -0.189. The van der Waals surface area contributed by atoms with E-state index in [1.807, 2.05) is 0 Å². The van der Waals surface area contributed by atoms with Crippen LogP contribution in [0.5, 0.6) is 0 Å². The van der Waals surface area contributed by atoms with Crippen LogP contribution < -0.4 is 0 Å². The van der Waals surface area contributed by atoms with E-state index in [0.717, 1.165) is 0 Å². The van der Waals surface area contributed by atoms with Gasteiger partial charge in [-0.15, -0.1) is 0 Å². The van der Waals surface area contributed by atoms with Crippen LogP contribution in [0.4, 0.5) is 8.78 Å². The highest BCUT2D eigenvalue weighted by Gasteiger charge is 2.49. The van der Waals surface area contributed by atoms with Crippen molar-refractivity contribution in [2.24, 2.45) is 0 Å². The number of hydrogen-bond donors (Lipinski definition) is 1. The van der Waals surface area contributed by atoms with Gasteiger partial charge in [0.25, 0.3) is 0 Å². The number of alkyl halides is 2. The quantitative estimate of drug-likeness (QED) is 0.805. The minimum atomic E-state index is -3.98. The number of esters is 1. The summed E-state index contributed by atoms with van der Waals surface area (Å²) in [5.41, 5.74) is -0.0804. The van der Waals surface area contributed by atoms with Gasteiger partial charge in [-0.1, -0.05) is 6.07 Å². The van der Waals surface area contributed by atoms with E-state index >= 15 is 0 Å². The fraction of sp³-hybridized carbons (Fsp3) is 0.364. The largest absolute Gasteiger partial charge is 0.461 e. The molecule has 1 unspecified atom stereocenters. The molecule has 0 spiro atoms. The summed E-state index contributed by atoms with van der Waals surface area (Å²) >= 11 is 6.30. The summed E-state index contributed by atoms with van der Waals surface area (Å²) in [5, 5.41) is 9.57. The summed E-state index contributed by atoms with van der Waals surface area (Å²) in [6.07, 6.45) is -2.25. The van der Waals surface area contributed by atoms with Crippen LogP contribution in [-0.4, -0.2) is 23.6 Å². The number of aliphatic hydroxyl groups is 1. The van der Waals surface area contributed by atoms with Crippen molar-refractivity contribution in [1.29, 1.82) is 0 Å². The maximum Gasteiger partial charge on any atom is 0.380 e. The Hall–Kier alpha value is -0.530. The molecule has 0 bridgehead atoms. The number of carbonyl (C=O) groups excluding carboxylic acids is 1. The molecule has 1 N–H and O–H groups in total. The molecular formula is C11H10Br2F2O3. The lowest BCUT2D eigenvalue weighted by Crippen LogP contribution is -2.37. The average Bonchev–Trinajstić information content (AvgIpc) is 2.32. The Morgan fingerprint density at radius 2 is 2.06 bits per heavy atom. The Labute approximate surface area is 119 Å². The standard InChI is InChI=1S/C11H10Br2F2O3/c1-2-18-10(17)11(14,15)9(16)6-3-4-7(12)8(13)5-6/h3-5,9,16H,2H2,1H3. The molecule has 0 aromatic heterocycles. The Bertz CT molecular complexity index is 452. The molecule has 18 heavy (non-hydrogen) atoms. The zero-order valence-corrected chi connectivity index (χ0v) is 12.5. The molecule has 0 aliphatic rings. The molecule has 0 fully saturated rings. The van der Waals surface area contributed by atoms with Gasteiger partial charge in [0.2, 0.25) is 0 Å². The maximum atomic E-state index is 13.6. The Kier molecular flexibility index (Phi) is 5.24. The van der Waals surface area contributed by atoms with Crippen molar-refractivity contribution in [2.75, 3.05) is 6.61 Å². The second kappa shape index (κ2) is 6.08. The summed E-state index contributed by atoms with van der Waals surface area (Å²) in [6.45, 7) is 1.24. The summed E-state index contributed by atoms with van der Waals surface area (Å²) < 4.78 is 32.5. The van der Waals surface area contributed by atoms with Gasteiger partial charge < -0.3 is 9.84 Å². The molecule has 1 aromatic carbocycles. The van der Waals surface area contributed by atoms with Crippen molar-refractivity contribution >= 4 is 37.8 Å². The molecule has 0 aliphatic heterocycles. The average molecular weight is 388 g/mol. The topological polar surface area (TPSA) is 46.5 Å². The molecule has 0 saturated carbocycles. The molecule has 0 heterocycles. The summed E-state index contributed by atoms with van der Waals surface area (Å²) in [4.78, 5) is 11.1. The first-order valence-electron chi connectivity index (χ1n) is 4.98. The van der Waals surface area contributed by atoms with E-state index in [2.05, 4.69) is 36.6 Å². The molecule has 1 rings (SSSR count).